The zero-order valence-corrected chi connectivity index (χ0v) is 10.6. The van der Waals surface area contributed by atoms with Crippen molar-refractivity contribution in [3.63, 3.8) is 0 Å². The first-order valence-electron chi connectivity index (χ1n) is 6.76. The third-order valence-electron chi connectivity index (χ3n) is 4.38. The van der Waals surface area contributed by atoms with Gasteiger partial charge in [0.25, 0.3) is 5.91 Å². The Bertz CT molecular complexity index is 482. The van der Waals surface area contributed by atoms with Gasteiger partial charge < -0.3 is 14.4 Å². The van der Waals surface area contributed by atoms with Gasteiger partial charge in [-0.25, -0.2) is 4.79 Å². The lowest BCUT2D eigenvalue weighted by Crippen LogP contribution is -2.46. The number of carbonyl (C=O) groups excluding carboxylic acids is 1. The van der Waals surface area contributed by atoms with Gasteiger partial charge in [-0.3, -0.25) is 4.79 Å². The lowest BCUT2D eigenvalue weighted by Gasteiger charge is -2.32. The molecule has 2 heterocycles. The number of hydrogen-bond acceptors (Lipinski definition) is 3. The molecule has 0 bridgehead atoms. The topological polar surface area (TPSA) is 70.8 Å². The van der Waals surface area contributed by atoms with Crippen molar-refractivity contribution in [3.05, 3.63) is 24.2 Å². The second kappa shape index (κ2) is 4.72. The van der Waals surface area contributed by atoms with Crippen molar-refractivity contribution in [2.75, 3.05) is 0 Å². The van der Waals surface area contributed by atoms with Crippen molar-refractivity contribution in [1.82, 2.24) is 4.90 Å². The minimum atomic E-state index is -0.897. The molecule has 0 spiro atoms. The van der Waals surface area contributed by atoms with Gasteiger partial charge >= 0.3 is 5.97 Å². The van der Waals surface area contributed by atoms with Gasteiger partial charge in [0, 0.05) is 6.04 Å². The molecule has 2 aliphatic rings. The van der Waals surface area contributed by atoms with Crippen LogP contribution in [0.4, 0.5) is 0 Å². The summed E-state index contributed by atoms with van der Waals surface area (Å²) in [5.74, 6) is -0.771. The fraction of sp³-hybridized carbons (Fsp3) is 0.571. The largest absolute Gasteiger partial charge is 0.480 e. The summed E-state index contributed by atoms with van der Waals surface area (Å²) in [6, 6.07) is 0.991. The molecule has 1 aliphatic heterocycles. The fourth-order valence-electron chi connectivity index (χ4n) is 3.51. The number of nitrogens with zero attached hydrogens (tertiary/aromatic N) is 1. The smallest absolute Gasteiger partial charge is 0.326 e. The van der Waals surface area contributed by atoms with Gasteiger partial charge in [0.2, 0.25) is 0 Å². The average Bonchev–Trinajstić information content (AvgIpc) is 3.05. The van der Waals surface area contributed by atoms with Crippen molar-refractivity contribution < 1.29 is 19.1 Å². The molecule has 1 aliphatic carbocycles. The third-order valence-corrected chi connectivity index (χ3v) is 4.38. The molecule has 2 fully saturated rings. The number of furan rings is 1. The summed E-state index contributed by atoms with van der Waals surface area (Å²) < 4.78 is 4.93. The number of fused-ring (bicyclic) bond motifs is 1. The lowest BCUT2D eigenvalue weighted by molar-refractivity contribution is -0.141. The molecule has 1 saturated heterocycles. The highest BCUT2D eigenvalue weighted by Crippen LogP contribution is 2.40. The van der Waals surface area contributed by atoms with E-state index in [9.17, 15) is 14.7 Å². The average molecular weight is 263 g/mol. The van der Waals surface area contributed by atoms with Crippen molar-refractivity contribution in [1.29, 1.82) is 0 Å². The van der Waals surface area contributed by atoms with Crippen LogP contribution in [0, 0.1) is 5.92 Å². The van der Waals surface area contributed by atoms with Gasteiger partial charge in [-0.05, 0) is 31.2 Å². The van der Waals surface area contributed by atoms with Crippen molar-refractivity contribution in [2.45, 2.75) is 44.2 Å². The normalized spacial score (nSPS) is 30.1. The first kappa shape index (κ1) is 12.3. The van der Waals surface area contributed by atoms with Crippen LogP contribution in [0.5, 0.6) is 0 Å². The molecule has 5 nitrogen and oxygen atoms in total. The molecule has 3 atom stereocenters. The molecule has 102 valence electrons. The summed E-state index contributed by atoms with van der Waals surface area (Å²) in [6.45, 7) is 0. The number of carbonyl (C=O) groups is 2. The summed E-state index contributed by atoms with van der Waals surface area (Å²) in [6.07, 6.45) is 7.57. The summed E-state index contributed by atoms with van der Waals surface area (Å²) in [7, 11) is 0. The quantitative estimate of drug-likeness (QED) is 0.887. The van der Waals surface area contributed by atoms with Crippen LogP contribution in [-0.4, -0.2) is 34.0 Å². The van der Waals surface area contributed by atoms with Gasteiger partial charge in [0.05, 0.1) is 11.8 Å². The van der Waals surface area contributed by atoms with Crippen LogP contribution in [0.25, 0.3) is 0 Å². The molecule has 3 rings (SSSR count). The first-order valence-corrected chi connectivity index (χ1v) is 6.76. The van der Waals surface area contributed by atoms with Crippen LogP contribution in [0.3, 0.4) is 0 Å². The standard InChI is InChI=1S/C14H17NO4/c16-13(10-5-6-19-8-10)15-11-4-2-1-3-9(11)7-12(15)14(17)18/h5-6,8-9,11-12H,1-4,7H2,(H,17,18)/t9-,11+,12+/m1/s1. The molecule has 0 aromatic carbocycles. The SMILES string of the molecule is O=C(O)[C@@H]1C[C@H]2CCCC[C@@H]2N1C(=O)c1ccoc1. The van der Waals surface area contributed by atoms with E-state index < -0.39 is 12.0 Å². The van der Waals surface area contributed by atoms with Gasteiger partial charge in [-0.1, -0.05) is 12.8 Å². The highest BCUT2D eigenvalue weighted by atomic mass is 16.4. The van der Waals surface area contributed by atoms with Crippen molar-refractivity contribution in [2.24, 2.45) is 5.92 Å². The highest BCUT2D eigenvalue weighted by Gasteiger charge is 2.47. The molecule has 1 N–H and O–H groups in total. The zero-order chi connectivity index (χ0) is 13.4. The van der Waals surface area contributed by atoms with Crippen LogP contribution in [0.1, 0.15) is 42.5 Å². The number of likely N-dealkylation sites (tertiary alicyclic amines) is 1. The van der Waals surface area contributed by atoms with Crippen LogP contribution < -0.4 is 0 Å². The van der Waals surface area contributed by atoms with E-state index in [1.54, 1.807) is 11.0 Å². The summed E-state index contributed by atoms with van der Waals surface area (Å²) in [4.78, 5) is 25.5. The molecule has 1 aromatic rings. The minimum absolute atomic E-state index is 0.0808. The van der Waals surface area contributed by atoms with E-state index in [0.29, 0.717) is 17.9 Å². The minimum Gasteiger partial charge on any atom is -0.480 e. The van der Waals surface area contributed by atoms with E-state index in [1.165, 1.54) is 12.5 Å². The summed E-state index contributed by atoms with van der Waals surface area (Å²) in [5.41, 5.74) is 0.442. The molecular formula is C14H17NO4. The van der Waals surface area contributed by atoms with Crippen LogP contribution in [0.15, 0.2) is 23.0 Å². The van der Waals surface area contributed by atoms with E-state index in [1.807, 2.05) is 0 Å². The van der Waals surface area contributed by atoms with E-state index in [-0.39, 0.29) is 11.9 Å². The third kappa shape index (κ3) is 2.03. The van der Waals surface area contributed by atoms with Crippen LogP contribution in [0.2, 0.25) is 0 Å². The Morgan fingerprint density at radius 2 is 2.11 bits per heavy atom. The van der Waals surface area contributed by atoms with Gasteiger partial charge in [0.15, 0.2) is 0 Å². The Labute approximate surface area is 111 Å². The maximum absolute atomic E-state index is 12.5. The Balaban J connectivity index is 1.90. The maximum Gasteiger partial charge on any atom is 0.326 e. The van der Waals surface area contributed by atoms with Crippen molar-refractivity contribution >= 4 is 11.9 Å². The number of rotatable bonds is 2. The predicted octanol–water partition coefficient (Wildman–Crippen LogP) is 2.14. The summed E-state index contributed by atoms with van der Waals surface area (Å²) in [5, 5.41) is 9.36. The molecule has 1 aromatic heterocycles. The highest BCUT2D eigenvalue weighted by molar-refractivity contribution is 5.97. The van der Waals surface area contributed by atoms with E-state index in [4.69, 9.17) is 4.42 Å². The summed E-state index contributed by atoms with van der Waals surface area (Å²) >= 11 is 0. The van der Waals surface area contributed by atoms with E-state index in [2.05, 4.69) is 0 Å². The van der Waals surface area contributed by atoms with E-state index in [0.717, 1.165) is 25.7 Å². The molecule has 1 saturated carbocycles. The van der Waals surface area contributed by atoms with Crippen LogP contribution in [-0.2, 0) is 4.79 Å². The lowest BCUT2D eigenvalue weighted by atomic mass is 9.84. The fourth-order valence-corrected chi connectivity index (χ4v) is 3.51. The Kier molecular flexibility index (Phi) is 3.05. The number of carboxylic acids is 1. The number of carboxylic acid groups (broad SMARTS) is 1. The maximum atomic E-state index is 12.5. The number of aliphatic carboxylic acids is 1. The second-order valence-corrected chi connectivity index (χ2v) is 5.43. The van der Waals surface area contributed by atoms with Gasteiger partial charge in [-0.15, -0.1) is 0 Å². The van der Waals surface area contributed by atoms with Crippen LogP contribution >= 0.6 is 0 Å². The Morgan fingerprint density at radius 3 is 2.79 bits per heavy atom. The van der Waals surface area contributed by atoms with Gasteiger partial charge in [-0.2, -0.15) is 0 Å². The predicted molar refractivity (Wildman–Crippen MR) is 66.7 cm³/mol. The zero-order valence-electron chi connectivity index (χ0n) is 10.6. The number of hydrogen-bond donors (Lipinski definition) is 1. The molecular weight excluding hydrogens is 246 g/mol. The molecule has 0 radical (unpaired) electrons. The monoisotopic (exact) mass is 263 g/mol. The first-order chi connectivity index (χ1) is 9.18. The Hall–Kier alpha value is -1.78. The second-order valence-electron chi connectivity index (χ2n) is 5.43. The van der Waals surface area contributed by atoms with Gasteiger partial charge in [0.1, 0.15) is 12.3 Å². The molecule has 5 heteroatoms. The number of amides is 1. The van der Waals surface area contributed by atoms with Crippen molar-refractivity contribution in [3.8, 4) is 0 Å². The Morgan fingerprint density at radius 1 is 1.32 bits per heavy atom. The van der Waals surface area contributed by atoms with E-state index >= 15 is 0 Å². The molecule has 0 unspecified atom stereocenters. The molecule has 19 heavy (non-hydrogen) atoms. The molecule has 1 amide bonds.